The van der Waals surface area contributed by atoms with Gasteiger partial charge < -0.3 is 40.5 Å². The summed E-state index contributed by atoms with van der Waals surface area (Å²) in [5.74, 6) is -0.667. The third-order valence-corrected chi connectivity index (χ3v) is 15.9. The van der Waals surface area contributed by atoms with E-state index in [9.17, 15) is 25.2 Å². The lowest BCUT2D eigenvalue weighted by atomic mass is 9.45. The average molecular weight is 905 g/mol. The minimum atomic E-state index is -1.24. The molecule has 1 heterocycles. The van der Waals surface area contributed by atoms with Gasteiger partial charge in [-0.2, -0.15) is 0 Å². The predicted octanol–water partition coefficient (Wildman–Crippen LogP) is 8.16. The fourth-order valence-corrected chi connectivity index (χ4v) is 12.4. The number of aldehydes is 1. The van der Waals surface area contributed by atoms with Crippen molar-refractivity contribution in [3.8, 4) is 0 Å². The molecule has 10 atom stereocenters. The van der Waals surface area contributed by atoms with Crippen molar-refractivity contribution in [2.75, 3.05) is 60.3 Å². The van der Waals surface area contributed by atoms with Gasteiger partial charge in [-0.25, -0.2) is 0 Å². The number of hydrogen-bond donors (Lipinski definition) is 6. The minimum Gasteiger partial charge on any atom is -0.396 e. The zero-order chi connectivity index (χ0) is 47.3. The second kappa shape index (κ2) is 24.0. The van der Waals surface area contributed by atoms with Crippen LogP contribution in [0.4, 0.5) is 0 Å². The van der Waals surface area contributed by atoms with Crippen LogP contribution in [0.25, 0.3) is 0 Å². The molecule has 360 valence electrons. The Hall–Kier alpha value is -3.77. The van der Waals surface area contributed by atoms with Crippen molar-refractivity contribution in [2.45, 2.75) is 108 Å². The van der Waals surface area contributed by atoms with Crippen molar-refractivity contribution < 1.29 is 34.7 Å². The standard InChI is InChI=1S/C57H80N2O7/c1-40-18-22-49(50(23-19-43-13-8-7-9-14-43)46-16-11-15-44(34-46)35-55(4,59-37-40)28-32-65-6)41(2)12-10-17-48(39-66-33-31-61)51-24-26-57(54(51)63)53-45(25-30-60)20-21-47(52(53)42(3)38-62)36-56(57,64)27-29-58-5/h7-18,20-21,34,38,45,47,49-51,53-54,58-61,63-64H,2,19,22-33,35-37,39H2,1,3-6H3/b12-10+,40-18+,48-17-,52-42?/t45-,47-,49-,50+,51-,53-,54+,55+,56+,57+/m0/s1. The summed E-state index contributed by atoms with van der Waals surface area (Å²) in [6.07, 6.45) is 19.8. The molecule has 9 nitrogen and oxygen atoms in total. The average Bonchev–Trinajstić information content (AvgIpc) is 3.66. The summed E-state index contributed by atoms with van der Waals surface area (Å²) in [5, 5.41) is 53.3. The Morgan fingerprint density at radius 1 is 1.03 bits per heavy atom. The number of benzene rings is 2. The first-order valence-electron chi connectivity index (χ1n) is 24.6. The zero-order valence-electron chi connectivity index (χ0n) is 40.5. The molecule has 3 aliphatic carbocycles. The number of allylic oxidation sites excluding steroid dienone is 9. The fraction of sp³-hybridized carbons (Fsp3) is 0.561. The SMILES string of the molecule is C=C(/C=C/C=C(/COCCO)[C@@H]1CC[C@]2([C@@H]1O)[C@@H]1C(=C(C)C=O)[C@@H](C=C[C@H]1CCO)C[C@]2(O)CCNC)[C@@H]1C/C=C(\C)CN[C@](C)(CCOC)Cc2cccc(c2)[C@H]1CCc1ccccc1. The number of carbonyl (C=O) groups is 1. The summed E-state index contributed by atoms with van der Waals surface area (Å²) < 4.78 is 11.6. The molecule has 2 fully saturated rings. The number of aliphatic hydroxyl groups excluding tert-OH is 3. The quantitative estimate of drug-likeness (QED) is 0.0256. The van der Waals surface area contributed by atoms with E-state index < -0.39 is 17.1 Å². The maximum Gasteiger partial charge on any atom is 0.145 e. The van der Waals surface area contributed by atoms with Crippen LogP contribution in [0.1, 0.15) is 94.7 Å². The minimum absolute atomic E-state index is 0.0386. The number of fused-ring (bicyclic) bond motifs is 5. The number of aliphatic hydroxyl groups is 4. The lowest BCUT2D eigenvalue weighted by Gasteiger charge is -2.61. The van der Waals surface area contributed by atoms with Crippen molar-refractivity contribution in [3.05, 3.63) is 142 Å². The maximum absolute atomic E-state index is 13.0. The molecule has 9 heteroatoms. The van der Waals surface area contributed by atoms with Gasteiger partial charge in [-0.05, 0) is 150 Å². The van der Waals surface area contributed by atoms with Gasteiger partial charge in [-0.1, -0.05) is 114 Å². The normalized spacial score (nSPS) is 33.0. The van der Waals surface area contributed by atoms with Crippen LogP contribution in [0.2, 0.25) is 0 Å². The summed E-state index contributed by atoms with van der Waals surface area (Å²) in [7, 11) is 3.65. The van der Waals surface area contributed by atoms with Gasteiger partial charge in [0.25, 0.3) is 0 Å². The topological polar surface area (TPSA) is 141 Å². The van der Waals surface area contributed by atoms with Gasteiger partial charge in [0.2, 0.25) is 0 Å². The number of aryl methyl sites for hydroxylation is 1. The summed E-state index contributed by atoms with van der Waals surface area (Å²) in [6.45, 7) is 13.4. The second-order valence-electron chi connectivity index (χ2n) is 20.2. The fourth-order valence-electron chi connectivity index (χ4n) is 12.4. The molecule has 1 aliphatic heterocycles. The number of methoxy groups -OCH3 is 1. The molecule has 4 bridgehead atoms. The molecule has 2 saturated carbocycles. The third-order valence-electron chi connectivity index (χ3n) is 15.9. The van der Waals surface area contributed by atoms with Crippen LogP contribution in [0.3, 0.4) is 0 Å². The summed E-state index contributed by atoms with van der Waals surface area (Å²) in [6, 6.07) is 19.9. The summed E-state index contributed by atoms with van der Waals surface area (Å²) >= 11 is 0. The van der Waals surface area contributed by atoms with Crippen LogP contribution < -0.4 is 10.6 Å². The van der Waals surface area contributed by atoms with E-state index in [2.05, 4.69) is 116 Å². The summed E-state index contributed by atoms with van der Waals surface area (Å²) in [5.41, 5.74) is 6.42. The van der Waals surface area contributed by atoms with Gasteiger partial charge >= 0.3 is 0 Å². The van der Waals surface area contributed by atoms with E-state index in [1.54, 1.807) is 7.11 Å². The number of nitrogens with one attached hydrogen (secondary N) is 2. The van der Waals surface area contributed by atoms with Crippen molar-refractivity contribution in [2.24, 2.45) is 35.0 Å². The molecule has 0 unspecified atom stereocenters. The highest BCUT2D eigenvalue weighted by atomic mass is 16.5. The second-order valence-corrected chi connectivity index (χ2v) is 20.2. The van der Waals surface area contributed by atoms with E-state index in [0.717, 1.165) is 61.7 Å². The molecular weight excluding hydrogens is 825 g/mol. The first-order chi connectivity index (χ1) is 31.9. The number of ether oxygens (including phenoxy) is 2. The molecule has 4 aliphatic rings. The van der Waals surface area contributed by atoms with Gasteiger partial charge in [0.1, 0.15) is 6.29 Å². The van der Waals surface area contributed by atoms with Gasteiger partial charge in [0, 0.05) is 49.7 Å². The monoisotopic (exact) mass is 905 g/mol. The number of carbonyl (C=O) groups excluding carboxylic acids is 1. The zero-order valence-corrected chi connectivity index (χ0v) is 40.5. The van der Waals surface area contributed by atoms with E-state index in [4.69, 9.17) is 16.1 Å². The smallest absolute Gasteiger partial charge is 0.145 e. The molecule has 6 N–H and O–H groups in total. The molecular formula is C57H80N2O7. The van der Waals surface area contributed by atoms with Crippen molar-refractivity contribution in [1.29, 1.82) is 0 Å². The lowest BCUT2D eigenvalue weighted by Crippen LogP contribution is -2.65. The molecule has 2 aromatic rings. The Morgan fingerprint density at radius 2 is 1.83 bits per heavy atom. The van der Waals surface area contributed by atoms with E-state index in [-0.39, 0.29) is 67.5 Å². The van der Waals surface area contributed by atoms with Gasteiger partial charge in [0.05, 0.1) is 31.5 Å². The molecule has 0 amide bonds. The van der Waals surface area contributed by atoms with Gasteiger partial charge in [-0.3, -0.25) is 4.79 Å². The van der Waals surface area contributed by atoms with Crippen molar-refractivity contribution in [1.82, 2.24) is 10.6 Å². The lowest BCUT2D eigenvalue weighted by molar-refractivity contribution is -0.194. The van der Waals surface area contributed by atoms with Crippen LogP contribution >= 0.6 is 0 Å². The Labute approximate surface area is 395 Å². The highest BCUT2D eigenvalue weighted by molar-refractivity contribution is 5.74. The summed E-state index contributed by atoms with van der Waals surface area (Å²) in [4.78, 5) is 12.5. The third kappa shape index (κ3) is 11.7. The molecule has 0 radical (unpaired) electrons. The molecule has 0 saturated heterocycles. The highest BCUT2D eigenvalue weighted by Crippen LogP contribution is 2.67. The Balaban J connectivity index is 1.38. The van der Waals surface area contributed by atoms with Crippen LogP contribution in [0, 0.1) is 35.0 Å². The Morgan fingerprint density at radius 3 is 2.56 bits per heavy atom. The number of hydrogen-bond acceptors (Lipinski definition) is 9. The van der Waals surface area contributed by atoms with E-state index in [1.807, 2.05) is 14.0 Å². The molecule has 0 aromatic heterocycles. The highest BCUT2D eigenvalue weighted by Gasteiger charge is 2.68. The van der Waals surface area contributed by atoms with E-state index in [1.165, 1.54) is 22.3 Å². The molecule has 2 aromatic carbocycles. The Kier molecular flexibility index (Phi) is 18.8. The van der Waals surface area contributed by atoms with Gasteiger partial charge in [0.15, 0.2) is 0 Å². The van der Waals surface area contributed by atoms with Crippen LogP contribution in [0.5, 0.6) is 0 Å². The predicted molar refractivity (Wildman–Crippen MR) is 266 cm³/mol. The van der Waals surface area contributed by atoms with Crippen LogP contribution in [-0.2, 0) is 27.1 Å². The largest absolute Gasteiger partial charge is 0.396 e. The first-order valence-corrected chi connectivity index (χ1v) is 24.6. The number of rotatable bonds is 20. The molecule has 6 rings (SSSR count). The first kappa shape index (κ1) is 51.6. The molecule has 1 spiro atoms. The van der Waals surface area contributed by atoms with Crippen molar-refractivity contribution >= 4 is 6.29 Å². The van der Waals surface area contributed by atoms with Gasteiger partial charge in [-0.15, -0.1) is 0 Å². The van der Waals surface area contributed by atoms with Crippen LogP contribution in [-0.4, -0.2) is 104 Å². The maximum atomic E-state index is 13.0. The van der Waals surface area contributed by atoms with E-state index in [0.29, 0.717) is 50.8 Å². The van der Waals surface area contributed by atoms with Crippen LogP contribution in [0.15, 0.2) is 125 Å². The van der Waals surface area contributed by atoms with Crippen molar-refractivity contribution in [3.63, 3.8) is 0 Å². The molecule has 66 heavy (non-hydrogen) atoms. The van der Waals surface area contributed by atoms with E-state index >= 15 is 0 Å². The Bertz CT molecular complexity index is 2070.